The van der Waals surface area contributed by atoms with E-state index in [-0.39, 0.29) is 12.4 Å². The minimum atomic E-state index is 0.0760. The van der Waals surface area contributed by atoms with Crippen LogP contribution in [0.25, 0.3) is 0 Å². The molecule has 0 fully saturated rings. The smallest absolute Gasteiger partial charge is 0.164 e. The van der Waals surface area contributed by atoms with Gasteiger partial charge in [0.2, 0.25) is 0 Å². The second-order valence-corrected chi connectivity index (χ2v) is 5.12. The highest BCUT2D eigenvalue weighted by Crippen LogP contribution is 2.22. The molecule has 0 amide bonds. The van der Waals surface area contributed by atoms with Gasteiger partial charge in [-0.15, -0.1) is 0 Å². The van der Waals surface area contributed by atoms with E-state index in [2.05, 4.69) is 10.8 Å². The van der Waals surface area contributed by atoms with Gasteiger partial charge in [0.1, 0.15) is 0 Å². The van der Waals surface area contributed by atoms with Crippen LogP contribution in [0.2, 0.25) is 0 Å². The number of carbonyl (C=O) groups excluding carboxylic acids is 1. The summed E-state index contributed by atoms with van der Waals surface area (Å²) < 4.78 is 2.09. The van der Waals surface area contributed by atoms with E-state index in [4.69, 9.17) is 5.11 Å². The number of carbonyl (C=O) groups is 1. The van der Waals surface area contributed by atoms with E-state index < -0.39 is 0 Å². The van der Waals surface area contributed by atoms with Crippen molar-refractivity contribution in [1.82, 2.24) is 4.57 Å². The molecule has 0 saturated carbocycles. The van der Waals surface area contributed by atoms with E-state index in [1.54, 1.807) is 0 Å². The number of nitrogens with zero attached hydrogens (tertiary/aromatic N) is 1. The molecule has 1 aromatic carbocycles. The van der Waals surface area contributed by atoms with Crippen LogP contribution in [-0.2, 0) is 19.6 Å². The van der Waals surface area contributed by atoms with E-state index >= 15 is 0 Å². The zero-order chi connectivity index (χ0) is 13.2. The molecule has 0 bridgehead atoms. The summed E-state index contributed by atoms with van der Waals surface area (Å²) in [6.07, 6.45) is 6.73. The van der Waals surface area contributed by atoms with E-state index in [0.717, 1.165) is 30.5 Å². The topological polar surface area (TPSA) is 42.2 Å². The Bertz CT molecular complexity index is 596. The summed E-state index contributed by atoms with van der Waals surface area (Å²) in [6.45, 7) is 0.846. The van der Waals surface area contributed by atoms with Crippen LogP contribution in [0, 0.1) is 0 Å². The molecule has 3 rings (SSSR count). The van der Waals surface area contributed by atoms with Gasteiger partial charge in [0.25, 0.3) is 0 Å². The molecule has 3 nitrogen and oxygen atoms in total. The molecule has 3 heteroatoms. The van der Waals surface area contributed by atoms with Crippen molar-refractivity contribution in [2.75, 3.05) is 0 Å². The number of hydrogen-bond donors (Lipinski definition) is 1. The van der Waals surface area contributed by atoms with Crippen LogP contribution in [-0.4, -0.2) is 15.5 Å². The molecule has 1 N–H and O–H groups in total. The third-order valence-corrected chi connectivity index (χ3v) is 3.68. The summed E-state index contributed by atoms with van der Waals surface area (Å²) in [7, 11) is 0. The number of aryl methyl sites for hydroxylation is 1. The van der Waals surface area contributed by atoms with Crippen molar-refractivity contribution in [3.8, 4) is 0 Å². The second-order valence-electron chi connectivity index (χ2n) is 5.12. The molecule has 1 aliphatic rings. The number of aliphatic hydroxyl groups is 1. The van der Waals surface area contributed by atoms with Crippen LogP contribution in [0.1, 0.15) is 39.9 Å². The molecular formula is C16H17NO2. The van der Waals surface area contributed by atoms with Crippen molar-refractivity contribution in [1.29, 1.82) is 0 Å². The van der Waals surface area contributed by atoms with Crippen LogP contribution in [0.15, 0.2) is 36.7 Å². The largest absolute Gasteiger partial charge is 0.392 e. The van der Waals surface area contributed by atoms with Gasteiger partial charge < -0.3 is 9.67 Å². The van der Waals surface area contributed by atoms with Gasteiger partial charge in [-0.25, -0.2) is 0 Å². The van der Waals surface area contributed by atoms with Gasteiger partial charge in [0.05, 0.1) is 6.61 Å². The van der Waals surface area contributed by atoms with Gasteiger partial charge >= 0.3 is 0 Å². The SMILES string of the molecule is O=C1CCCc2cn(Cc3ccc(CO)cc3)cc21. The van der Waals surface area contributed by atoms with Crippen molar-refractivity contribution in [2.24, 2.45) is 0 Å². The van der Waals surface area contributed by atoms with E-state index in [9.17, 15) is 4.79 Å². The first-order valence-electron chi connectivity index (χ1n) is 6.67. The first-order chi connectivity index (χ1) is 9.26. The highest BCUT2D eigenvalue weighted by molar-refractivity contribution is 5.98. The fourth-order valence-corrected chi connectivity index (χ4v) is 2.63. The summed E-state index contributed by atoms with van der Waals surface area (Å²) in [4.78, 5) is 11.8. The molecule has 0 spiro atoms. The van der Waals surface area contributed by atoms with Crippen molar-refractivity contribution >= 4 is 5.78 Å². The molecule has 1 heterocycles. The summed E-state index contributed by atoms with van der Waals surface area (Å²) in [6, 6.07) is 7.91. The Hall–Kier alpha value is -1.87. The minimum Gasteiger partial charge on any atom is -0.392 e. The van der Waals surface area contributed by atoms with Crippen LogP contribution in [0.4, 0.5) is 0 Å². The van der Waals surface area contributed by atoms with Crippen LogP contribution < -0.4 is 0 Å². The first kappa shape index (κ1) is 12.2. The van der Waals surface area contributed by atoms with Gasteiger partial charge in [0, 0.05) is 30.9 Å². The molecule has 0 atom stereocenters. The Morgan fingerprint density at radius 1 is 1.05 bits per heavy atom. The zero-order valence-corrected chi connectivity index (χ0v) is 10.8. The number of ketones is 1. The Morgan fingerprint density at radius 2 is 1.79 bits per heavy atom. The summed E-state index contributed by atoms with van der Waals surface area (Å²) in [5.41, 5.74) is 4.18. The fourth-order valence-electron chi connectivity index (χ4n) is 2.63. The normalized spacial score (nSPS) is 14.5. The van der Waals surface area contributed by atoms with Gasteiger partial charge in [-0.05, 0) is 29.5 Å². The lowest BCUT2D eigenvalue weighted by molar-refractivity contribution is 0.0973. The third kappa shape index (κ3) is 2.47. The maximum absolute atomic E-state index is 11.8. The third-order valence-electron chi connectivity index (χ3n) is 3.68. The molecule has 2 aromatic rings. The molecular weight excluding hydrogens is 238 g/mol. The molecule has 98 valence electrons. The van der Waals surface area contributed by atoms with Crippen molar-refractivity contribution in [2.45, 2.75) is 32.4 Å². The number of aromatic nitrogens is 1. The van der Waals surface area contributed by atoms with E-state index in [1.165, 1.54) is 11.1 Å². The van der Waals surface area contributed by atoms with Crippen LogP contribution >= 0.6 is 0 Å². The highest BCUT2D eigenvalue weighted by Gasteiger charge is 2.18. The van der Waals surface area contributed by atoms with Gasteiger partial charge in [-0.3, -0.25) is 4.79 Å². The van der Waals surface area contributed by atoms with E-state index in [0.29, 0.717) is 6.42 Å². The molecule has 19 heavy (non-hydrogen) atoms. The van der Waals surface area contributed by atoms with Crippen molar-refractivity contribution in [3.05, 3.63) is 58.9 Å². The number of rotatable bonds is 3. The predicted octanol–water partition coefficient (Wildman–Crippen LogP) is 2.55. The number of hydrogen-bond acceptors (Lipinski definition) is 2. The average Bonchev–Trinajstić information content (AvgIpc) is 2.84. The Kier molecular flexibility index (Phi) is 3.22. The lowest BCUT2D eigenvalue weighted by Gasteiger charge is -2.07. The van der Waals surface area contributed by atoms with Gasteiger partial charge in [0.15, 0.2) is 5.78 Å². The zero-order valence-electron chi connectivity index (χ0n) is 10.8. The maximum atomic E-state index is 11.8. The lowest BCUT2D eigenvalue weighted by atomic mass is 9.95. The molecule has 0 unspecified atom stereocenters. The molecule has 0 saturated heterocycles. The maximum Gasteiger partial charge on any atom is 0.164 e. The monoisotopic (exact) mass is 255 g/mol. The standard InChI is InChI=1S/C16H17NO2/c18-11-13-6-4-12(5-7-13)8-17-9-14-2-1-3-16(19)15(14)10-17/h4-7,9-10,18H,1-3,8,11H2. The quantitative estimate of drug-likeness (QED) is 0.915. The Labute approximate surface area is 112 Å². The highest BCUT2D eigenvalue weighted by atomic mass is 16.3. The minimum absolute atomic E-state index is 0.0760. The second kappa shape index (κ2) is 5.02. The fraction of sp³-hybridized carbons (Fsp3) is 0.312. The summed E-state index contributed by atoms with van der Waals surface area (Å²) in [5.74, 6) is 0.274. The molecule has 0 radical (unpaired) electrons. The van der Waals surface area contributed by atoms with Crippen LogP contribution in [0.5, 0.6) is 0 Å². The number of benzene rings is 1. The first-order valence-corrected chi connectivity index (χ1v) is 6.67. The van der Waals surface area contributed by atoms with Crippen molar-refractivity contribution < 1.29 is 9.90 Å². The Morgan fingerprint density at radius 3 is 2.47 bits per heavy atom. The van der Waals surface area contributed by atoms with E-state index in [1.807, 2.05) is 30.5 Å². The van der Waals surface area contributed by atoms with Crippen LogP contribution in [0.3, 0.4) is 0 Å². The van der Waals surface area contributed by atoms with Crippen molar-refractivity contribution in [3.63, 3.8) is 0 Å². The number of fused-ring (bicyclic) bond motifs is 1. The lowest BCUT2D eigenvalue weighted by Crippen LogP contribution is -2.07. The van der Waals surface area contributed by atoms with Gasteiger partial charge in [-0.2, -0.15) is 0 Å². The molecule has 1 aliphatic carbocycles. The number of Topliss-reactive ketones (excluding diaryl/α,β-unsaturated/α-hetero) is 1. The Balaban J connectivity index is 1.81. The average molecular weight is 255 g/mol. The summed E-state index contributed by atoms with van der Waals surface area (Å²) >= 11 is 0. The predicted molar refractivity (Wildman–Crippen MR) is 73.2 cm³/mol. The summed E-state index contributed by atoms with van der Waals surface area (Å²) in [5, 5.41) is 9.02. The molecule has 0 aliphatic heterocycles. The number of aliphatic hydroxyl groups excluding tert-OH is 1. The van der Waals surface area contributed by atoms with Gasteiger partial charge in [-0.1, -0.05) is 24.3 Å². The molecule has 1 aromatic heterocycles.